The van der Waals surface area contributed by atoms with Gasteiger partial charge in [-0.25, -0.2) is 0 Å². The number of aliphatic hydroxyl groups is 1. The van der Waals surface area contributed by atoms with E-state index in [1.54, 1.807) is 4.68 Å². The minimum atomic E-state index is 0.0601. The summed E-state index contributed by atoms with van der Waals surface area (Å²) in [6.45, 7) is 2.02. The van der Waals surface area contributed by atoms with E-state index < -0.39 is 0 Å². The van der Waals surface area contributed by atoms with Crippen molar-refractivity contribution in [3.8, 4) is 0 Å². The standard InChI is InChI=1S/C7H13N3O/c1-6(5-11)8-7-3-4-10(2)9-7/h3-4,6,11H,5H2,1-2H3,(H,8,9). The molecular weight excluding hydrogens is 142 g/mol. The van der Waals surface area contributed by atoms with E-state index in [1.807, 2.05) is 26.2 Å². The molecule has 0 bridgehead atoms. The lowest BCUT2D eigenvalue weighted by Gasteiger charge is -2.08. The SMILES string of the molecule is CC(CO)Nc1ccn(C)n1. The monoisotopic (exact) mass is 155 g/mol. The predicted octanol–water partition coefficient (Wildman–Crippen LogP) is 0.213. The molecule has 4 nitrogen and oxygen atoms in total. The van der Waals surface area contributed by atoms with Crippen molar-refractivity contribution in [3.05, 3.63) is 12.3 Å². The summed E-state index contributed by atoms with van der Waals surface area (Å²) in [4.78, 5) is 0. The van der Waals surface area contributed by atoms with Crippen molar-refractivity contribution >= 4 is 5.82 Å². The Hall–Kier alpha value is -1.03. The molecule has 1 aromatic heterocycles. The van der Waals surface area contributed by atoms with Crippen LogP contribution in [0.3, 0.4) is 0 Å². The first-order chi connectivity index (χ1) is 5.22. The first-order valence-electron chi connectivity index (χ1n) is 3.59. The van der Waals surface area contributed by atoms with E-state index in [0.29, 0.717) is 0 Å². The molecule has 0 spiro atoms. The first-order valence-corrected chi connectivity index (χ1v) is 3.59. The number of aliphatic hydroxyl groups excluding tert-OH is 1. The Morgan fingerprint density at radius 2 is 2.55 bits per heavy atom. The lowest BCUT2D eigenvalue weighted by atomic mass is 10.4. The van der Waals surface area contributed by atoms with Crippen LogP contribution in [0.4, 0.5) is 5.82 Å². The van der Waals surface area contributed by atoms with Crippen molar-refractivity contribution in [1.29, 1.82) is 0 Å². The van der Waals surface area contributed by atoms with E-state index in [1.165, 1.54) is 0 Å². The Kier molecular flexibility index (Phi) is 2.48. The second-order valence-electron chi connectivity index (χ2n) is 2.60. The Labute approximate surface area is 65.8 Å². The van der Waals surface area contributed by atoms with Gasteiger partial charge in [-0.05, 0) is 6.92 Å². The zero-order valence-corrected chi connectivity index (χ0v) is 6.78. The van der Waals surface area contributed by atoms with E-state index in [-0.39, 0.29) is 12.6 Å². The summed E-state index contributed by atoms with van der Waals surface area (Å²) in [6.07, 6.45) is 1.85. The van der Waals surface area contributed by atoms with Gasteiger partial charge in [0.1, 0.15) is 5.82 Å². The summed E-state index contributed by atoms with van der Waals surface area (Å²) in [6, 6.07) is 1.93. The van der Waals surface area contributed by atoms with Crippen LogP contribution in [0.15, 0.2) is 12.3 Å². The molecule has 1 atom stereocenters. The number of rotatable bonds is 3. The Bertz CT molecular complexity index is 221. The van der Waals surface area contributed by atoms with E-state index in [4.69, 9.17) is 5.11 Å². The first kappa shape index (κ1) is 8.07. The van der Waals surface area contributed by atoms with E-state index in [0.717, 1.165) is 5.82 Å². The number of nitrogens with one attached hydrogen (secondary N) is 1. The molecule has 1 aromatic rings. The van der Waals surface area contributed by atoms with Gasteiger partial charge in [0, 0.05) is 25.4 Å². The molecule has 1 unspecified atom stereocenters. The van der Waals surface area contributed by atoms with Crippen LogP contribution in [-0.4, -0.2) is 27.5 Å². The molecule has 0 saturated heterocycles. The summed E-state index contributed by atoms with van der Waals surface area (Å²) in [7, 11) is 1.86. The van der Waals surface area contributed by atoms with Crippen molar-refractivity contribution in [2.45, 2.75) is 13.0 Å². The Balaban J connectivity index is 2.50. The molecule has 4 heteroatoms. The van der Waals surface area contributed by atoms with E-state index >= 15 is 0 Å². The van der Waals surface area contributed by atoms with Gasteiger partial charge in [0.25, 0.3) is 0 Å². The summed E-state index contributed by atoms with van der Waals surface area (Å²) in [5.41, 5.74) is 0. The maximum absolute atomic E-state index is 8.71. The van der Waals surface area contributed by atoms with Crippen molar-refractivity contribution in [2.24, 2.45) is 7.05 Å². The molecule has 0 saturated carbocycles. The fourth-order valence-corrected chi connectivity index (χ4v) is 0.790. The van der Waals surface area contributed by atoms with Crippen molar-refractivity contribution in [2.75, 3.05) is 11.9 Å². The molecule has 0 aromatic carbocycles. The lowest BCUT2D eigenvalue weighted by Crippen LogP contribution is -2.19. The van der Waals surface area contributed by atoms with Gasteiger partial charge in [0.2, 0.25) is 0 Å². The summed E-state index contributed by atoms with van der Waals surface area (Å²) in [5.74, 6) is 0.800. The molecule has 0 aliphatic heterocycles. The second-order valence-corrected chi connectivity index (χ2v) is 2.60. The highest BCUT2D eigenvalue weighted by molar-refractivity contribution is 5.33. The van der Waals surface area contributed by atoms with Gasteiger partial charge in [0.05, 0.1) is 6.61 Å². The quantitative estimate of drug-likeness (QED) is 0.656. The van der Waals surface area contributed by atoms with Crippen LogP contribution in [0.5, 0.6) is 0 Å². The van der Waals surface area contributed by atoms with Crippen LogP contribution in [0.25, 0.3) is 0 Å². The van der Waals surface area contributed by atoms with Crippen molar-refractivity contribution in [1.82, 2.24) is 9.78 Å². The number of hydrogen-bond acceptors (Lipinski definition) is 3. The Morgan fingerprint density at radius 1 is 1.82 bits per heavy atom. The number of aromatic nitrogens is 2. The van der Waals surface area contributed by atoms with Gasteiger partial charge in [-0.3, -0.25) is 4.68 Å². The minimum absolute atomic E-state index is 0.0601. The molecule has 0 amide bonds. The van der Waals surface area contributed by atoms with Crippen LogP contribution >= 0.6 is 0 Å². The van der Waals surface area contributed by atoms with Crippen molar-refractivity contribution < 1.29 is 5.11 Å². The van der Waals surface area contributed by atoms with Gasteiger partial charge in [-0.2, -0.15) is 5.10 Å². The average Bonchev–Trinajstić information content (AvgIpc) is 2.35. The van der Waals surface area contributed by atoms with Gasteiger partial charge in [-0.1, -0.05) is 0 Å². The van der Waals surface area contributed by atoms with Gasteiger partial charge in [-0.15, -0.1) is 0 Å². The number of nitrogens with zero attached hydrogens (tertiary/aromatic N) is 2. The molecule has 0 radical (unpaired) electrons. The third kappa shape index (κ3) is 2.23. The number of hydrogen-bond donors (Lipinski definition) is 2. The smallest absolute Gasteiger partial charge is 0.148 e. The normalized spacial score (nSPS) is 13.0. The van der Waals surface area contributed by atoms with Crippen LogP contribution < -0.4 is 5.32 Å². The van der Waals surface area contributed by atoms with Crippen LogP contribution in [0.2, 0.25) is 0 Å². The molecule has 1 heterocycles. The largest absolute Gasteiger partial charge is 0.394 e. The molecule has 62 valence electrons. The average molecular weight is 155 g/mol. The van der Waals surface area contributed by atoms with Gasteiger partial charge in [0.15, 0.2) is 0 Å². The molecule has 0 aliphatic carbocycles. The molecule has 0 fully saturated rings. The van der Waals surface area contributed by atoms with Crippen LogP contribution in [-0.2, 0) is 7.05 Å². The van der Waals surface area contributed by atoms with Crippen LogP contribution in [0, 0.1) is 0 Å². The zero-order chi connectivity index (χ0) is 8.27. The highest BCUT2D eigenvalue weighted by Crippen LogP contribution is 2.02. The van der Waals surface area contributed by atoms with Crippen LogP contribution in [0.1, 0.15) is 6.92 Å². The lowest BCUT2D eigenvalue weighted by molar-refractivity contribution is 0.281. The fourth-order valence-electron chi connectivity index (χ4n) is 0.790. The van der Waals surface area contributed by atoms with Crippen molar-refractivity contribution in [3.63, 3.8) is 0 Å². The molecule has 11 heavy (non-hydrogen) atoms. The maximum atomic E-state index is 8.71. The number of anilines is 1. The third-order valence-electron chi connectivity index (χ3n) is 1.38. The van der Waals surface area contributed by atoms with E-state index in [2.05, 4.69) is 10.4 Å². The fraction of sp³-hybridized carbons (Fsp3) is 0.571. The molecular formula is C7H13N3O. The minimum Gasteiger partial charge on any atom is -0.394 e. The summed E-state index contributed by atoms with van der Waals surface area (Å²) >= 11 is 0. The highest BCUT2D eigenvalue weighted by atomic mass is 16.3. The second kappa shape index (κ2) is 3.39. The summed E-state index contributed by atoms with van der Waals surface area (Å²) in [5, 5.41) is 15.8. The number of aryl methyl sites for hydroxylation is 1. The molecule has 0 aliphatic rings. The third-order valence-corrected chi connectivity index (χ3v) is 1.38. The highest BCUT2D eigenvalue weighted by Gasteiger charge is 2.00. The maximum Gasteiger partial charge on any atom is 0.148 e. The zero-order valence-electron chi connectivity index (χ0n) is 6.78. The topological polar surface area (TPSA) is 50.1 Å². The summed E-state index contributed by atoms with van der Waals surface area (Å²) < 4.78 is 1.71. The van der Waals surface area contributed by atoms with E-state index in [9.17, 15) is 0 Å². The predicted molar refractivity (Wildman–Crippen MR) is 43.4 cm³/mol. The Morgan fingerprint density at radius 3 is 3.00 bits per heavy atom. The molecule has 1 rings (SSSR count). The van der Waals surface area contributed by atoms with Gasteiger partial charge >= 0.3 is 0 Å². The van der Waals surface area contributed by atoms with Gasteiger partial charge < -0.3 is 10.4 Å². The molecule has 2 N–H and O–H groups in total.